The van der Waals surface area contributed by atoms with Crippen molar-refractivity contribution < 1.29 is 4.79 Å². The Morgan fingerprint density at radius 1 is 1.00 bits per heavy atom. The lowest BCUT2D eigenvalue weighted by Crippen LogP contribution is -2.33. The summed E-state index contributed by atoms with van der Waals surface area (Å²) < 4.78 is 0. The van der Waals surface area contributed by atoms with Gasteiger partial charge in [0.25, 0.3) is 0 Å². The van der Waals surface area contributed by atoms with E-state index in [4.69, 9.17) is 28.9 Å². The van der Waals surface area contributed by atoms with Crippen molar-refractivity contribution in [1.82, 2.24) is 0 Å². The fraction of sp³-hybridized carbons (Fsp3) is 0.188. The maximum absolute atomic E-state index is 12.1. The van der Waals surface area contributed by atoms with Crippen molar-refractivity contribution in [2.45, 2.75) is 18.9 Å². The normalized spacial score (nSPS) is 12.2. The number of benzene rings is 2. The van der Waals surface area contributed by atoms with E-state index in [0.717, 1.165) is 11.1 Å². The third kappa shape index (κ3) is 4.07. The van der Waals surface area contributed by atoms with Crippen LogP contribution in [0, 0.1) is 0 Å². The molecule has 0 radical (unpaired) electrons. The smallest absolute Gasteiger partial charge is 0.154 e. The maximum atomic E-state index is 12.1. The third-order valence-electron chi connectivity index (χ3n) is 3.07. The summed E-state index contributed by atoms with van der Waals surface area (Å²) in [4.78, 5) is 12.1. The molecule has 0 aliphatic heterocycles. The second kappa shape index (κ2) is 6.89. The number of carbonyl (C=O) groups excluding carboxylic acids is 1. The summed E-state index contributed by atoms with van der Waals surface area (Å²) in [5.74, 6) is -0.00718. The van der Waals surface area contributed by atoms with E-state index in [0.29, 0.717) is 16.5 Å². The van der Waals surface area contributed by atoms with Crippen LogP contribution in [0.3, 0.4) is 0 Å². The molecule has 4 heteroatoms. The first-order chi connectivity index (χ1) is 9.56. The average molecular weight is 308 g/mol. The van der Waals surface area contributed by atoms with Crippen LogP contribution in [0.5, 0.6) is 0 Å². The molecule has 2 rings (SSSR count). The van der Waals surface area contributed by atoms with Gasteiger partial charge in [-0.2, -0.15) is 0 Å². The van der Waals surface area contributed by atoms with E-state index in [2.05, 4.69) is 0 Å². The number of hydrogen-bond acceptors (Lipinski definition) is 2. The average Bonchev–Trinajstić information content (AvgIpc) is 2.44. The van der Waals surface area contributed by atoms with Gasteiger partial charge in [0.1, 0.15) is 0 Å². The van der Waals surface area contributed by atoms with E-state index in [-0.39, 0.29) is 12.2 Å². The molecular weight excluding hydrogens is 293 g/mol. The molecule has 2 aromatic carbocycles. The van der Waals surface area contributed by atoms with Crippen LogP contribution in [0.4, 0.5) is 0 Å². The van der Waals surface area contributed by atoms with E-state index in [9.17, 15) is 4.79 Å². The quantitative estimate of drug-likeness (QED) is 0.915. The summed E-state index contributed by atoms with van der Waals surface area (Å²) in [5, 5.41) is 0.935. The largest absolute Gasteiger partial charge is 0.321 e. The zero-order valence-electron chi connectivity index (χ0n) is 10.9. The van der Waals surface area contributed by atoms with Crippen LogP contribution in [0.25, 0.3) is 0 Å². The van der Waals surface area contributed by atoms with E-state index >= 15 is 0 Å². The second-order valence-electron chi connectivity index (χ2n) is 4.69. The highest BCUT2D eigenvalue weighted by Gasteiger charge is 2.15. The molecule has 0 aliphatic rings. The van der Waals surface area contributed by atoms with Crippen molar-refractivity contribution in [3.63, 3.8) is 0 Å². The number of rotatable bonds is 5. The third-order valence-corrected chi connectivity index (χ3v) is 3.81. The molecule has 0 saturated heterocycles. The Balaban J connectivity index is 1.99. The summed E-state index contributed by atoms with van der Waals surface area (Å²) in [6.07, 6.45) is 0.811. The van der Waals surface area contributed by atoms with Gasteiger partial charge in [0.05, 0.1) is 16.1 Å². The molecule has 104 valence electrons. The zero-order valence-corrected chi connectivity index (χ0v) is 12.4. The van der Waals surface area contributed by atoms with Crippen LogP contribution in [0.15, 0.2) is 48.5 Å². The summed E-state index contributed by atoms with van der Waals surface area (Å²) >= 11 is 11.8. The first kappa shape index (κ1) is 15.0. The monoisotopic (exact) mass is 307 g/mol. The molecule has 0 fully saturated rings. The lowest BCUT2D eigenvalue weighted by atomic mass is 9.98. The molecule has 2 aromatic rings. The Labute approximate surface area is 128 Å². The van der Waals surface area contributed by atoms with Gasteiger partial charge < -0.3 is 5.73 Å². The lowest BCUT2D eigenvalue weighted by molar-refractivity contribution is -0.119. The minimum Gasteiger partial charge on any atom is -0.321 e. The van der Waals surface area contributed by atoms with Crippen molar-refractivity contribution in [3.8, 4) is 0 Å². The minimum atomic E-state index is -0.508. The van der Waals surface area contributed by atoms with Crippen LogP contribution in [0.2, 0.25) is 10.0 Å². The summed E-state index contributed by atoms with van der Waals surface area (Å²) in [6, 6.07) is 14.4. The number of Topliss-reactive ketones (excluding diaryl/α,β-unsaturated/α-hetero) is 1. The van der Waals surface area contributed by atoms with Crippen molar-refractivity contribution in [2.75, 3.05) is 0 Å². The fourth-order valence-corrected chi connectivity index (χ4v) is 2.28. The Hall–Kier alpha value is -1.35. The molecule has 0 amide bonds. The van der Waals surface area contributed by atoms with Gasteiger partial charge in [-0.05, 0) is 29.7 Å². The van der Waals surface area contributed by atoms with Gasteiger partial charge in [-0.15, -0.1) is 0 Å². The molecule has 1 atom stereocenters. The van der Waals surface area contributed by atoms with E-state index in [1.165, 1.54) is 0 Å². The van der Waals surface area contributed by atoms with Crippen molar-refractivity contribution in [3.05, 3.63) is 69.7 Å². The van der Waals surface area contributed by atoms with E-state index in [1.54, 1.807) is 18.2 Å². The molecule has 2 N–H and O–H groups in total. The first-order valence-corrected chi connectivity index (χ1v) is 7.08. The molecule has 0 aromatic heterocycles. The van der Waals surface area contributed by atoms with Gasteiger partial charge in [-0.3, -0.25) is 4.79 Å². The number of halogens is 2. The molecule has 20 heavy (non-hydrogen) atoms. The predicted molar refractivity (Wildman–Crippen MR) is 83.3 cm³/mol. The number of ketones is 1. The van der Waals surface area contributed by atoms with Gasteiger partial charge in [0.15, 0.2) is 5.78 Å². The van der Waals surface area contributed by atoms with Gasteiger partial charge in [-0.25, -0.2) is 0 Å². The van der Waals surface area contributed by atoms with Crippen molar-refractivity contribution >= 4 is 29.0 Å². The molecule has 0 aliphatic carbocycles. The fourth-order valence-electron chi connectivity index (χ4n) is 1.96. The Kier molecular flexibility index (Phi) is 5.18. The van der Waals surface area contributed by atoms with Crippen LogP contribution in [0.1, 0.15) is 11.1 Å². The molecule has 1 unspecified atom stereocenters. The van der Waals surface area contributed by atoms with Crippen LogP contribution < -0.4 is 5.73 Å². The highest BCUT2D eigenvalue weighted by molar-refractivity contribution is 6.42. The lowest BCUT2D eigenvalue weighted by Gasteiger charge is -2.11. The SMILES string of the molecule is NC(Cc1ccccc1)C(=O)Cc1ccc(Cl)c(Cl)c1. The van der Waals surface area contributed by atoms with Gasteiger partial charge in [0, 0.05) is 6.42 Å². The van der Waals surface area contributed by atoms with E-state index in [1.807, 2.05) is 30.3 Å². The minimum absolute atomic E-state index is 0.00718. The summed E-state index contributed by atoms with van der Waals surface area (Å²) in [7, 11) is 0. The topological polar surface area (TPSA) is 43.1 Å². The van der Waals surface area contributed by atoms with E-state index < -0.39 is 6.04 Å². The molecule has 0 saturated carbocycles. The standard InChI is InChI=1S/C16H15Cl2NO/c17-13-7-6-12(8-14(13)18)10-16(20)15(19)9-11-4-2-1-3-5-11/h1-8,15H,9-10,19H2. The van der Waals surface area contributed by atoms with Gasteiger partial charge in [-0.1, -0.05) is 59.6 Å². The number of nitrogens with two attached hydrogens (primary N) is 1. The summed E-state index contributed by atoms with van der Waals surface area (Å²) in [5.41, 5.74) is 7.84. The summed E-state index contributed by atoms with van der Waals surface area (Å²) in [6.45, 7) is 0. The van der Waals surface area contributed by atoms with Crippen LogP contribution >= 0.6 is 23.2 Å². The predicted octanol–water partition coefficient (Wildman–Crippen LogP) is 3.68. The Morgan fingerprint density at radius 3 is 2.35 bits per heavy atom. The molecule has 2 nitrogen and oxygen atoms in total. The maximum Gasteiger partial charge on any atom is 0.154 e. The molecular formula is C16H15Cl2NO. The zero-order chi connectivity index (χ0) is 14.5. The van der Waals surface area contributed by atoms with Crippen molar-refractivity contribution in [2.24, 2.45) is 5.73 Å². The second-order valence-corrected chi connectivity index (χ2v) is 5.50. The highest BCUT2D eigenvalue weighted by atomic mass is 35.5. The van der Waals surface area contributed by atoms with Gasteiger partial charge >= 0.3 is 0 Å². The molecule has 0 heterocycles. The number of hydrogen-bond donors (Lipinski definition) is 1. The first-order valence-electron chi connectivity index (χ1n) is 6.32. The Morgan fingerprint density at radius 2 is 1.70 bits per heavy atom. The van der Waals surface area contributed by atoms with Crippen LogP contribution in [-0.4, -0.2) is 11.8 Å². The molecule has 0 bridgehead atoms. The van der Waals surface area contributed by atoms with Crippen molar-refractivity contribution in [1.29, 1.82) is 0 Å². The number of carbonyl (C=O) groups is 1. The van der Waals surface area contributed by atoms with Gasteiger partial charge in [0.2, 0.25) is 0 Å². The van der Waals surface area contributed by atoms with Crippen LogP contribution in [-0.2, 0) is 17.6 Å². The Bertz CT molecular complexity index is 599. The highest BCUT2D eigenvalue weighted by Crippen LogP contribution is 2.23. The molecule has 0 spiro atoms.